The smallest absolute Gasteiger partial charge is 0.269 e. The van der Waals surface area contributed by atoms with Crippen LogP contribution in [-0.4, -0.2) is 22.8 Å². The van der Waals surface area contributed by atoms with Gasteiger partial charge in [0.15, 0.2) is 0 Å². The molecule has 2 atom stereocenters. The third-order valence-electron chi connectivity index (χ3n) is 5.47. The first-order valence-electron chi connectivity index (χ1n) is 9.64. The van der Waals surface area contributed by atoms with E-state index in [9.17, 15) is 10.1 Å². The molecule has 7 nitrogen and oxygen atoms in total. The number of nitro groups is 1. The number of ether oxygens (including phenoxy) is 2. The Balaban J connectivity index is 1.59. The van der Waals surface area contributed by atoms with Crippen LogP contribution in [0.1, 0.15) is 35.4 Å². The average Bonchev–Trinajstić information content (AvgIpc) is 3.24. The van der Waals surface area contributed by atoms with Crippen LogP contribution < -0.4 is 9.47 Å². The second-order valence-electron chi connectivity index (χ2n) is 7.24. The summed E-state index contributed by atoms with van der Waals surface area (Å²) in [7, 11) is 1.64. The van der Waals surface area contributed by atoms with Crippen LogP contribution in [0.2, 0.25) is 0 Å². The number of hydrogen-bond acceptors (Lipinski definition) is 6. The van der Waals surface area contributed by atoms with E-state index in [0.29, 0.717) is 12.0 Å². The zero-order valence-electron chi connectivity index (χ0n) is 16.3. The van der Waals surface area contributed by atoms with Gasteiger partial charge in [0, 0.05) is 35.2 Å². The standard InChI is InChI=1S/C23H19N3O4/c1-29-18-9-5-6-15(13-18)20-14-21-19-10-2-3-11-22(19)30-23(25(21)24-20)16-7-4-8-17(12-16)26(27)28/h2-13,21,23H,14H2,1H3/t21-,23-/m0/s1. The van der Waals surface area contributed by atoms with Crippen LogP contribution in [0.3, 0.4) is 0 Å². The molecule has 7 heteroatoms. The van der Waals surface area contributed by atoms with Gasteiger partial charge in [0.1, 0.15) is 11.5 Å². The number of methoxy groups -OCH3 is 1. The molecule has 3 aromatic carbocycles. The van der Waals surface area contributed by atoms with Gasteiger partial charge < -0.3 is 9.47 Å². The van der Waals surface area contributed by atoms with Crippen molar-refractivity contribution in [2.24, 2.45) is 5.10 Å². The van der Waals surface area contributed by atoms with E-state index in [0.717, 1.165) is 28.3 Å². The molecule has 0 fully saturated rings. The van der Waals surface area contributed by atoms with E-state index in [1.54, 1.807) is 19.2 Å². The van der Waals surface area contributed by atoms with E-state index in [1.165, 1.54) is 6.07 Å². The Morgan fingerprint density at radius 1 is 1.10 bits per heavy atom. The molecule has 0 saturated heterocycles. The largest absolute Gasteiger partial charge is 0.497 e. The van der Waals surface area contributed by atoms with Gasteiger partial charge in [-0.25, -0.2) is 5.01 Å². The quantitative estimate of drug-likeness (QED) is 0.462. The van der Waals surface area contributed by atoms with Gasteiger partial charge in [-0.1, -0.05) is 42.5 Å². The average molecular weight is 401 g/mol. The van der Waals surface area contributed by atoms with Crippen molar-refractivity contribution in [3.05, 3.63) is 99.6 Å². The molecule has 5 rings (SSSR count). The lowest BCUT2D eigenvalue weighted by molar-refractivity contribution is -0.385. The van der Waals surface area contributed by atoms with Crippen LogP contribution in [0.25, 0.3) is 0 Å². The lowest BCUT2D eigenvalue weighted by Crippen LogP contribution is -2.33. The topological polar surface area (TPSA) is 77.2 Å². The van der Waals surface area contributed by atoms with Gasteiger partial charge in [-0.2, -0.15) is 5.10 Å². The summed E-state index contributed by atoms with van der Waals surface area (Å²) in [5.74, 6) is 1.55. The molecule has 3 aromatic rings. The molecule has 0 saturated carbocycles. The van der Waals surface area contributed by atoms with Gasteiger partial charge in [0.2, 0.25) is 6.23 Å². The minimum atomic E-state index is -0.548. The third kappa shape index (κ3) is 3.04. The molecule has 0 aromatic heterocycles. The molecule has 0 bridgehead atoms. The summed E-state index contributed by atoms with van der Waals surface area (Å²) >= 11 is 0. The zero-order chi connectivity index (χ0) is 20.7. The van der Waals surface area contributed by atoms with Crippen LogP contribution in [0, 0.1) is 10.1 Å². The van der Waals surface area contributed by atoms with Crippen molar-refractivity contribution in [2.45, 2.75) is 18.7 Å². The van der Waals surface area contributed by atoms with Gasteiger partial charge in [-0.15, -0.1) is 0 Å². The Hall–Kier alpha value is -3.87. The Morgan fingerprint density at radius 2 is 1.93 bits per heavy atom. The molecule has 0 unspecified atom stereocenters. The van der Waals surface area contributed by atoms with Gasteiger partial charge in [-0.05, 0) is 18.2 Å². The molecule has 0 spiro atoms. The van der Waals surface area contributed by atoms with Crippen molar-refractivity contribution in [3.63, 3.8) is 0 Å². The van der Waals surface area contributed by atoms with E-state index < -0.39 is 11.2 Å². The summed E-state index contributed by atoms with van der Waals surface area (Å²) in [6.45, 7) is 0. The summed E-state index contributed by atoms with van der Waals surface area (Å²) in [5, 5.41) is 18.1. The van der Waals surface area contributed by atoms with Crippen molar-refractivity contribution in [3.8, 4) is 11.5 Å². The van der Waals surface area contributed by atoms with Crippen molar-refractivity contribution in [2.75, 3.05) is 7.11 Å². The number of rotatable bonds is 4. The van der Waals surface area contributed by atoms with Gasteiger partial charge >= 0.3 is 0 Å². The number of fused-ring (bicyclic) bond motifs is 3. The van der Waals surface area contributed by atoms with Crippen molar-refractivity contribution in [1.29, 1.82) is 0 Å². The minimum absolute atomic E-state index is 0.0135. The normalized spacial score (nSPS) is 19.4. The van der Waals surface area contributed by atoms with Crippen LogP contribution in [0.5, 0.6) is 11.5 Å². The monoisotopic (exact) mass is 401 g/mol. The summed E-state index contributed by atoms with van der Waals surface area (Å²) in [6.07, 6.45) is 0.159. The Bertz CT molecular complexity index is 1160. The molecule has 150 valence electrons. The van der Waals surface area contributed by atoms with Crippen LogP contribution in [0.15, 0.2) is 77.9 Å². The zero-order valence-corrected chi connectivity index (χ0v) is 16.3. The maximum Gasteiger partial charge on any atom is 0.269 e. The maximum absolute atomic E-state index is 11.3. The van der Waals surface area contributed by atoms with Gasteiger partial charge in [-0.3, -0.25) is 10.1 Å². The predicted octanol–water partition coefficient (Wildman–Crippen LogP) is 4.85. The Kier molecular flexibility index (Phi) is 4.35. The molecular formula is C23H19N3O4. The number of nitro benzene ring substituents is 1. The molecular weight excluding hydrogens is 382 g/mol. The molecule has 2 aliphatic rings. The highest BCUT2D eigenvalue weighted by molar-refractivity contribution is 6.02. The van der Waals surface area contributed by atoms with Crippen LogP contribution in [0.4, 0.5) is 5.69 Å². The highest BCUT2D eigenvalue weighted by atomic mass is 16.6. The SMILES string of the molecule is COc1cccc(C2=NN3[C@@H](C2)c2ccccc2O[C@H]3c2cccc([N+](=O)[O-])c2)c1. The molecule has 0 amide bonds. The Labute approximate surface area is 173 Å². The second-order valence-corrected chi connectivity index (χ2v) is 7.24. The minimum Gasteiger partial charge on any atom is -0.497 e. The summed E-state index contributed by atoms with van der Waals surface area (Å²) in [5.41, 5.74) is 3.69. The van der Waals surface area contributed by atoms with Gasteiger partial charge in [0.25, 0.3) is 5.69 Å². The Morgan fingerprint density at radius 3 is 2.77 bits per heavy atom. The number of hydrazone groups is 1. The molecule has 0 radical (unpaired) electrons. The number of hydrogen-bond donors (Lipinski definition) is 0. The summed E-state index contributed by atoms with van der Waals surface area (Å²) in [4.78, 5) is 10.9. The number of para-hydroxylation sites is 1. The molecule has 2 heterocycles. The second kappa shape index (κ2) is 7.18. The third-order valence-corrected chi connectivity index (χ3v) is 5.47. The molecule has 0 aliphatic carbocycles. The lowest BCUT2D eigenvalue weighted by atomic mass is 9.96. The van der Waals surface area contributed by atoms with Crippen molar-refractivity contribution >= 4 is 11.4 Å². The fourth-order valence-corrected chi connectivity index (χ4v) is 4.02. The fraction of sp³-hybridized carbons (Fsp3) is 0.174. The lowest BCUT2D eigenvalue weighted by Gasteiger charge is -2.38. The van der Waals surface area contributed by atoms with E-state index >= 15 is 0 Å². The van der Waals surface area contributed by atoms with E-state index in [2.05, 4.69) is 0 Å². The highest BCUT2D eigenvalue weighted by Gasteiger charge is 2.41. The van der Waals surface area contributed by atoms with E-state index in [4.69, 9.17) is 14.6 Å². The predicted molar refractivity (Wildman–Crippen MR) is 112 cm³/mol. The van der Waals surface area contributed by atoms with Crippen LogP contribution >= 0.6 is 0 Å². The molecule has 30 heavy (non-hydrogen) atoms. The first-order valence-corrected chi connectivity index (χ1v) is 9.64. The number of non-ortho nitro benzene ring substituents is 1. The summed E-state index contributed by atoms with van der Waals surface area (Å²) in [6, 6.07) is 22.2. The van der Waals surface area contributed by atoms with Crippen molar-refractivity contribution < 1.29 is 14.4 Å². The molecule has 0 N–H and O–H groups in total. The van der Waals surface area contributed by atoms with E-state index in [1.807, 2.05) is 59.6 Å². The van der Waals surface area contributed by atoms with Gasteiger partial charge in [0.05, 0.1) is 23.8 Å². The van der Waals surface area contributed by atoms with E-state index in [-0.39, 0.29) is 11.7 Å². The molecule has 2 aliphatic heterocycles. The van der Waals surface area contributed by atoms with Crippen molar-refractivity contribution in [1.82, 2.24) is 5.01 Å². The summed E-state index contributed by atoms with van der Waals surface area (Å²) < 4.78 is 11.6. The maximum atomic E-state index is 11.3. The van der Waals surface area contributed by atoms with Crippen LogP contribution in [-0.2, 0) is 0 Å². The number of benzene rings is 3. The first kappa shape index (κ1) is 18.2. The first-order chi connectivity index (χ1) is 14.6. The highest BCUT2D eigenvalue weighted by Crippen LogP contribution is 2.47. The number of nitrogens with zero attached hydrogens (tertiary/aromatic N) is 3. The fourth-order valence-electron chi connectivity index (χ4n) is 4.02.